The van der Waals surface area contributed by atoms with E-state index in [0.717, 1.165) is 4.90 Å². The quantitative estimate of drug-likeness (QED) is 0.239. The second-order valence-corrected chi connectivity index (χ2v) is 6.01. The summed E-state index contributed by atoms with van der Waals surface area (Å²) >= 11 is 1.34. The topological polar surface area (TPSA) is 124 Å². The van der Waals surface area contributed by atoms with Gasteiger partial charge < -0.3 is 24.5 Å². The average molecular weight is 373 g/mol. The van der Waals surface area contributed by atoms with Crippen LogP contribution in [0.5, 0.6) is 0 Å². The van der Waals surface area contributed by atoms with E-state index >= 15 is 0 Å². The molecule has 3 heterocycles. The Balaban J connectivity index is 0.00000225. The maximum atomic E-state index is 12.4. The van der Waals surface area contributed by atoms with Crippen molar-refractivity contribution in [1.82, 2.24) is 10.2 Å². The van der Waals surface area contributed by atoms with Gasteiger partial charge in [-0.3, -0.25) is 14.5 Å². The molecular weight excluding hydrogens is 361 g/mol. The van der Waals surface area contributed by atoms with Crippen molar-refractivity contribution in [3.8, 4) is 0 Å². The second kappa shape index (κ2) is 8.09. The molecule has 11 heteroatoms. The molecule has 126 valence electrons. The Morgan fingerprint density at radius 1 is 1.52 bits per heavy atom. The van der Waals surface area contributed by atoms with Crippen LogP contribution in [0.2, 0.25) is 0 Å². The zero-order chi connectivity index (χ0) is 17.3. The third kappa shape index (κ3) is 3.61. The first-order valence-corrected chi connectivity index (χ1v) is 7.91. The normalized spacial score (nSPS) is 22.1. The van der Waals surface area contributed by atoms with Gasteiger partial charge in [-0.05, 0) is 18.2 Å². The fraction of sp³-hybridized carbons (Fsp3) is 0.286. The molecule has 0 aromatic carbocycles. The van der Waals surface area contributed by atoms with Crippen molar-refractivity contribution < 1.29 is 58.3 Å². The van der Waals surface area contributed by atoms with Gasteiger partial charge in [0.1, 0.15) is 18.5 Å². The van der Waals surface area contributed by atoms with Gasteiger partial charge in [-0.15, -0.1) is 11.8 Å². The van der Waals surface area contributed by atoms with Gasteiger partial charge in [0.2, 0.25) is 5.71 Å². The van der Waals surface area contributed by atoms with Crippen LogP contribution in [0.4, 0.5) is 0 Å². The van der Waals surface area contributed by atoms with Crippen molar-refractivity contribution >= 4 is 35.3 Å². The minimum absolute atomic E-state index is 0. The number of thioether (sulfide) groups is 1. The number of rotatable bonds is 5. The number of aliphatic carboxylic acids is 1. The zero-order valence-corrected chi connectivity index (χ0v) is 16.2. The first kappa shape index (κ1) is 19.6. The number of hydrogen-bond donors (Lipinski definition) is 1. The number of oxime groups is 1. The van der Waals surface area contributed by atoms with E-state index in [1.165, 1.54) is 37.3 Å². The maximum Gasteiger partial charge on any atom is 1.00 e. The summed E-state index contributed by atoms with van der Waals surface area (Å²) in [5.74, 6) is -2.01. The van der Waals surface area contributed by atoms with Crippen LogP contribution in [0.1, 0.15) is 5.76 Å². The van der Waals surface area contributed by atoms with Crippen molar-refractivity contribution in [2.24, 2.45) is 5.16 Å². The van der Waals surface area contributed by atoms with Gasteiger partial charge in [-0.25, -0.2) is 0 Å². The summed E-state index contributed by atoms with van der Waals surface area (Å²) in [6.07, 6.45) is 2.78. The summed E-state index contributed by atoms with van der Waals surface area (Å²) in [6.45, 7) is 0. The minimum atomic E-state index is -1.42. The Bertz CT molecular complexity index is 748. The van der Waals surface area contributed by atoms with Crippen molar-refractivity contribution in [2.75, 3.05) is 12.9 Å². The molecule has 1 N–H and O–H groups in total. The van der Waals surface area contributed by atoms with E-state index in [0.29, 0.717) is 5.75 Å². The standard InChI is InChI=1S/C14H13N3O6S.Na/c1-22-16-9(8-3-2-5-23-8)11(18)15-10-12(19)17-7(14(20)21)4-6-24-13(10)17;/h2-5,10,13H,6H2,1H3,(H,15,18)(H,20,21);/q;+1/p-1/b16-9-;/t10-,13-;/m1./s1. The number of carbonyl (C=O) groups is 3. The second-order valence-electron chi connectivity index (χ2n) is 4.86. The molecule has 0 aliphatic carbocycles. The molecule has 2 aliphatic heterocycles. The van der Waals surface area contributed by atoms with E-state index in [-0.39, 0.29) is 46.7 Å². The molecule has 2 amide bonds. The van der Waals surface area contributed by atoms with Crippen LogP contribution in [0, 0.1) is 0 Å². The minimum Gasteiger partial charge on any atom is -0.543 e. The molecule has 0 unspecified atom stereocenters. The van der Waals surface area contributed by atoms with Gasteiger partial charge in [0.15, 0.2) is 5.76 Å². The fourth-order valence-electron chi connectivity index (χ4n) is 2.44. The van der Waals surface area contributed by atoms with E-state index in [1.54, 1.807) is 6.07 Å². The Kier molecular flexibility index (Phi) is 6.33. The summed E-state index contributed by atoms with van der Waals surface area (Å²) in [7, 11) is 1.28. The van der Waals surface area contributed by atoms with Gasteiger partial charge in [0.25, 0.3) is 11.8 Å². The van der Waals surface area contributed by atoms with E-state index in [9.17, 15) is 19.5 Å². The number of fused-ring (bicyclic) bond motifs is 1. The van der Waals surface area contributed by atoms with E-state index in [4.69, 9.17) is 4.42 Å². The molecule has 0 radical (unpaired) electrons. The summed E-state index contributed by atoms with van der Waals surface area (Å²) in [5.41, 5.74) is -0.295. The Hall–Kier alpha value is -1.75. The first-order chi connectivity index (χ1) is 11.5. The van der Waals surface area contributed by atoms with Gasteiger partial charge >= 0.3 is 29.6 Å². The number of furan rings is 1. The molecule has 1 aromatic rings. The van der Waals surface area contributed by atoms with Crippen molar-refractivity contribution in [3.05, 3.63) is 35.9 Å². The number of β-lactam (4-membered cyclic amide) rings is 1. The molecule has 2 aliphatic rings. The molecule has 0 saturated carbocycles. The third-order valence-electron chi connectivity index (χ3n) is 3.49. The SMILES string of the molecule is CO/N=C(\C(=O)N[C@@H]1C(=O)N2C(C(=O)[O-])=CCS[C@H]12)c1ccco1.[Na+]. The van der Waals surface area contributed by atoms with Crippen LogP contribution in [-0.4, -0.2) is 52.7 Å². The fourth-order valence-corrected chi connectivity index (χ4v) is 3.64. The number of carboxylic acid groups (broad SMARTS) is 1. The number of carbonyl (C=O) groups excluding carboxylic acids is 3. The smallest absolute Gasteiger partial charge is 0.543 e. The first-order valence-electron chi connectivity index (χ1n) is 6.86. The van der Waals surface area contributed by atoms with Crippen LogP contribution >= 0.6 is 11.8 Å². The summed E-state index contributed by atoms with van der Waals surface area (Å²) in [4.78, 5) is 41.3. The molecule has 0 bridgehead atoms. The number of nitrogens with zero attached hydrogens (tertiary/aromatic N) is 2. The van der Waals surface area contributed by atoms with E-state index in [1.807, 2.05) is 0 Å². The van der Waals surface area contributed by atoms with Crippen LogP contribution in [0.3, 0.4) is 0 Å². The summed E-state index contributed by atoms with van der Waals surface area (Å²) < 4.78 is 5.12. The van der Waals surface area contributed by atoms with Crippen LogP contribution in [0.15, 0.2) is 39.7 Å². The molecule has 1 saturated heterocycles. The molecule has 3 rings (SSSR count). The Morgan fingerprint density at radius 3 is 2.88 bits per heavy atom. The molecule has 0 spiro atoms. The van der Waals surface area contributed by atoms with Crippen LogP contribution in [0.25, 0.3) is 0 Å². The molecule has 9 nitrogen and oxygen atoms in total. The maximum absolute atomic E-state index is 12.4. The Morgan fingerprint density at radius 2 is 2.28 bits per heavy atom. The molecule has 1 aromatic heterocycles. The van der Waals surface area contributed by atoms with Gasteiger partial charge in [-0.1, -0.05) is 5.16 Å². The number of carboxylic acids is 1. The molecule has 2 atom stereocenters. The summed E-state index contributed by atoms with van der Waals surface area (Å²) in [5, 5.41) is 16.7. The van der Waals surface area contributed by atoms with Crippen LogP contribution in [-0.2, 0) is 19.2 Å². The third-order valence-corrected chi connectivity index (χ3v) is 4.68. The largest absolute Gasteiger partial charge is 1.00 e. The molecule has 1 fully saturated rings. The zero-order valence-electron chi connectivity index (χ0n) is 13.4. The van der Waals surface area contributed by atoms with Gasteiger partial charge in [0.05, 0.1) is 17.9 Å². The predicted molar refractivity (Wildman–Crippen MR) is 80.4 cm³/mol. The van der Waals surface area contributed by atoms with Crippen LogP contribution < -0.4 is 40.0 Å². The van der Waals surface area contributed by atoms with E-state index < -0.39 is 29.2 Å². The predicted octanol–water partition coefficient (Wildman–Crippen LogP) is -4.33. The van der Waals surface area contributed by atoms with Crippen molar-refractivity contribution in [2.45, 2.75) is 11.4 Å². The number of hydrogen-bond acceptors (Lipinski definition) is 8. The molecular formula is C14H12N3NaO6S. The van der Waals surface area contributed by atoms with Crippen molar-refractivity contribution in [1.29, 1.82) is 0 Å². The Labute approximate surface area is 168 Å². The van der Waals surface area contributed by atoms with Gasteiger partial charge in [-0.2, -0.15) is 0 Å². The average Bonchev–Trinajstić information content (AvgIpc) is 3.10. The van der Waals surface area contributed by atoms with Crippen molar-refractivity contribution in [3.63, 3.8) is 0 Å². The summed E-state index contributed by atoms with van der Waals surface area (Å²) in [6, 6.07) is 2.25. The number of amides is 2. The van der Waals surface area contributed by atoms with E-state index in [2.05, 4.69) is 15.3 Å². The monoisotopic (exact) mass is 373 g/mol. The van der Waals surface area contributed by atoms with Gasteiger partial charge in [0, 0.05) is 5.75 Å². The molecule has 25 heavy (non-hydrogen) atoms. The number of nitrogens with one attached hydrogen (secondary N) is 1.